The summed E-state index contributed by atoms with van der Waals surface area (Å²) < 4.78 is 1.76. The van der Waals surface area contributed by atoms with Crippen LogP contribution in [-0.2, 0) is 24.2 Å². The van der Waals surface area contributed by atoms with Crippen LogP contribution >= 0.6 is 0 Å². The largest absolute Gasteiger partial charge is 0.315 e. The van der Waals surface area contributed by atoms with Gasteiger partial charge >= 0.3 is 0 Å². The molecule has 0 aliphatic carbocycles. The van der Waals surface area contributed by atoms with Crippen molar-refractivity contribution in [3.63, 3.8) is 0 Å². The number of amides is 1. The number of nitrogens with zero attached hydrogens (tertiary/aromatic N) is 3. The van der Waals surface area contributed by atoms with Crippen molar-refractivity contribution in [3.8, 4) is 0 Å². The summed E-state index contributed by atoms with van der Waals surface area (Å²) in [6.07, 6.45) is 1.12. The van der Waals surface area contributed by atoms with Crippen LogP contribution in [0.25, 0.3) is 10.9 Å². The average Bonchev–Trinajstić information content (AvgIpc) is 3.03. The fraction of sp³-hybridized carbons (Fsp3) is 0.222. The van der Waals surface area contributed by atoms with Crippen LogP contribution in [0.15, 0.2) is 77.6 Å². The summed E-state index contributed by atoms with van der Waals surface area (Å²) in [4.78, 5) is 33.1. The Kier molecular flexibility index (Phi) is 5.10. The quantitative estimate of drug-likeness (QED) is 0.482. The second-order valence-electron chi connectivity index (χ2n) is 8.45. The van der Waals surface area contributed by atoms with E-state index in [1.807, 2.05) is 68.6 Å². The third-order valence-electron chi connectivity index (χ3n) is 6.34. The Labute approximate surface area is 187 Å². The molecule has 1 aromatic heterocycles. The summed E-state index contributed by atoms with van der Waals surface area (Å²) in [5.74, 6) is 0.360. The molecule has 0 bridgehead atoms. The van der Waals surface area contributed by atoms with Crippen LogP contribution in [0, 0.1) is 6.92 Å². The summed E-state index contributed by atoms with van der Waals surface area (Å²) in [5, 5.41) is 0.607. The predicted octanol–water partition coefficient (Wildman–Crippen LogP) is 4.25. The van der Waals surface area contributed by atoms with Gasteiger partial charge in [-0.15, -0.1) is 0 Å². The van der Waals surface area contributed by atoms with Crippen LogP contribution < -0.4 is 10.5 Å². The summed E-state index contributed by atoms with van der Waals surface area (Å²) in [5.41, 5.74) is 4.84. The molecular weight excluding hydrogens is 398 g/mol. The van der Waals surface area contributed by atoms with E-state index in [0.29, 0.717) is 29.7 Å². The second-order valence-corrected chi connectivity index (χ2v) is 8.45. The molecule has 0 saturated heterocycles. The molecule has 0 spiro atoms. The molecule has 5 rings (SSSR count). The molecule has 1 amide bonds. The van der Waals surface area contributed by atoms with Crippen molar-refractivity contribution in [2.45, 2.75) is 32.2 Å². The van der Waals surface area contributed by atoms with Crippen molar-refractivity contribution in [1.29, 1.82) is 0 Å². The lowest BCUT2D eigenvalue weighted by molar-refractivity contribution is -0.119. The molecule has 2 heterocycles. The maximum Gasteiger partial charge on any atom is 0.261 e. The second kappa shape index (κ2) is 8.08. The molecule has 32 heavy (non-hydrogen) atoms. The maximum atomic E-state index is 13.4. The Bertz CT molecular complexity index is 1380. The van der Waals surface area contributed by atoms with Crippen molar-refractivity contribution in [2.24, 2.45) is 0 Å². The molecule has 4 aromatic rings. The zero-order valence-corrected chi connectivity index (χ0v) is 18.3. The minimum absolute atomic E-state index is 0.0441. The average molecular weight is 424 g/mol. The number of likely N-dealkylation sites (N-methyl/N-ethyl adjacent to an activating group) is 1. The van der Waals surface area contributed by atoms with Crippen molar-refractivity contribution < 1.29 is 4.79 Å². The lowest BCUT2D eigenvalue weighted by atomic mass is 9.95. The number of para-hydroxylation sites is 1. The highest BCUT2D eigenvalue weighted by molar-refractivity contribution is 6.04. The Hall–Kier alpha value is -3.73. The molecule has 5 heteroatoms. The van der Waals surface area contributed by atoms with Gasteiger partial charge in [0, 0.05) is 25.7 Å². The van der Waals surface area contributed by atoms with Crippen LogP contribution in [0.4, 0.5) is 5.69 Å². The standard InChI is InChI=1S/C27H25N3O2/c1-18-12-13-24-21(16-18)22(26(31)29(24)2)17-25-28-23-11-7-6-10-20(23)27(32)30(25)15-14-19-8-4-3-5-9-19/h3-13,16,22H,14-15,17H2,1-2H3/t22-/m1/s1. The topological polar surface area (TPSA) is 55.2 Å². The molecule has 0 radical (unpaired) electrons. The predicted molar refractivity (Wildman–Crippen MR) is 127 cm³/mol. The van der Waals surface area contributed by atoms with Crippen molar-refractivity contribution in [3.05, 3.63) is 106 Å². The number of aryl methyl sites for hydroxylation is 2. The third kappa shape index (κ3) is 3.50. The third-order valence-corrected chi connectivity index (χ3v) is 6.34. The Morgan fingerprint density at radius 3 is 2.50 bits per heavy atom. The highest BCUT2D eigenvalue weighted by atomic mass is 16.2. The van der Waals surface area contributed by atoms with E-state index in [1.165, 1.54) is 0 Å². The fourth-order valence-electron chi connectivity index (χ4n) is 4.61. The lowest BCUT2D eigenvalue weighted by Crippen LogP contribution is -2.30. The molecule has 3 aromatic carbocycles. The van der Waals surface area contributed by atoms with Crippen LogP contribution in [0.1, 0.15) is 28.4 Å². The zero-order valence-electron chi connectivity index (χ0n) is 18.3. The molecule has 5 nitrogen and oxygen atoms in total. The molecule has 0 saturated carbocycles. The first kappa shape index (κ1) is 20.2. The van der Waals surface area contributed by atoms with Gasteiger partial charge in [0.15, 0.2) is 0 Å². The first-order valence-electron chi connectivity index (χ1n) is 10.9. The van der Waals surface area contributed by atoms with Gasteiger partial charge in [-0.25, -0.2) is 4.98 Å². The highest BCUT2D eigenvalue weighted by Crippen LogP contribution is 2.38. The molecule has 160 valence electrons. The van der Waals surface area contributed by atoms with Gasteiger partial charge in [-0.05, 0) is 42.7 Å². The van der Waals surface area contributed by atoms with Crippen LogP contribution in [0.2, 0.25) is 0 Å². The number of carbonyl (C=O) groups is 1. The number of aromatic nitrogens is 2. The summed E-state index contributed by atoms with van der Waals surface area (Å²) in [7, 11) is 1.81. The minimum atomic E-state index is -0.342. The van der Waals surface area contributed by atoms with Crippen molar-refractivity contribution in [2.75, 3.05) is 11.9 Å². The summed E-state index contributed by atoms with van der Waals surface area (Å²) in [6.45, 7) is 2.55. The number of anilines is 1. The number of hydrogen-bond donors (Lipinski definition) is 0. The van der Waals surface area contributed by atoms with Gasteiger partial charge in [-0.3, -0.25) is 14.2 Å². The Morgan fingerprint density at radius 2 is 1.69 bits per heavy atom. The van der Waals surface area contributed by atoms with Gasteiger partial charge in [0.2, 0.25) is 5.91 Å². The smallest absolute Gasteiger partial charge is 0.261 e. The Morgan fingerprint density at radius 1 is 0.938 bits per heavy atom. The van der Waals surface area contributed by atoms with Gasteiger partial charge < -0.3 is 4.90 Å². The molecule has 0 unspecified atom stereocenters. The monoisotopic (exact) mass is 423 g/mol. The van der Waals surface area contributed by atoms with Gasteiger partial charge in [0.1, 0.15) is 5.82 Å². The van der Waals surface area contributed by atoms with E-state index in [1.54, 1.807) is 9.47 Å². The number of fused-ring (bicyclic) bond motifs is 2. The first-order chi connectivity index (χ1) is 15.5. The normalized spacial score (nSPS) is 15.4. The molecule has 0 N–H and O–H groups in total. The van der Waals surface area contributed by atoms with E-state index in [0.717, 1.165) is 28.8 Å². The van der Waals surface area contributed by atoms with Crippen molar-refractivity contribution >= 4 is 22.5 Å². The number of hydrogen-bond acceptors (Lipinski definition) is 3. The first-order valence-corrected chi connectivity index (χ1v) is 10.9. The molecular formula is C27H25N3O2. The molecule has 1 aliphatic rings. The number of carbonyl (C=O) groups excluding carboxylic acids is 1. The van der Waals surface area contributed by atoms with Crippen molar-refractivity contribution in [1.82, 2.24) is 9.55 Å². The number of rotatable bonds is 5. The molecule has 1 aliphatic heterocycles. The minimum Gasteiger partial charge on any atom is -0.315 e. The van der Waals surface area contributed by atoms with Crippen LogP contribution in [0.3, 0.4) is 0 Å². The van der Waals surface area contributed by atoms with E-state index >= 15 is 0 Å². The van der Waals surface area contributed by atoms with E-state index in [2.05, 4.69) is 18.2 Å². The fourth-order valence-corrected chi connectivity index (χ4v) is 4.61. The van der Waals surface area contributed by atoms with Gasteiger partial charge in [-0.1, -0.05) is 60.2 Å². The molecule has 0 fully saturated rings. The summed E-state index contributed by atoms with van der Waals surface area (Å²) in [6, 6.07) is 23.7. The van der Waals surface area contributed by atoms with Gasteiger partial charge in [-0.2, -0.15) is 0 Å². The van der Waals surface area contributed by atoms with E-state index in [-0.39, 0.29) is 17.4 Å². The van der Waals surface area contributed by atoms with E-state index in [4.69, 9.17) is 4.98 Å². The maximum absolute atomic E-state index is 13.4. The van der Waals surface area contributed by atoms with Crippen LogP contribution in [-0.4, -0.2) is 22.5 Å². The SMILES string of the molecule is Cc1ccc2c(c1)[C@@H](Cc1nc3ccccc3c(=O)n1CCc1ccccc1)C(=O)N2C. The molecule has 1 atom stereocenters. The highest BCUT2D eigenvalue weighted by Gasteiger charge is 2.36. The van der Waals surface area contributed by atoms with E-state index in [9.17, 15) is 9.59 Å². The van der Waals surface area contributed by atoms with Gasteiger partial charge in [0.25, 0.3) is 5.56 Å². The summed E-state index contributed by atoms with van der Waals surface area (Å²) >= 11 is 0. The lowest BCUT2D eigenvalue weighted by Gasteiger charge is -2.17. The van der Waals surface area contributed by atoms with Crippen LogP contribution in [0.5, 0.6) is 0 Å². The van der Waals surface area contributed by atoms with Gasteiger partial charge in [0.05, 0.1) is 16.8 Å². The van der Waals surface area contributed by atoms with E-state index < -0.39 is 0 Å². The zero-order chi connectivity index (χ0) is 22.2. The Balaban J connectivity index is 1.58. The number of benzene rings is 3.